The molecule has 1 nitrogen and oxygen atoms in total. The molecule has 1 aliphatic carbocycles. The van der Waals surface area contributed by atoms with Crippen LogP contribution in [-0.4, -0.2) is 6.29 Å². The van der Waals surface area contributed by atoms with Crippen molar-refractivity contribution in [1.82, 2.24) is 0 Å². The Morgan fingerprint density at radius 2 is 2.33 bits per heavy atom. The van der Waals surface area contributed by atoms with Gasteiger partial charge in [-0.25, -0.2) is 0 Å². The minimum Gasteiger partial charge on any atom is -0.303 e. The number of rotatable bonds is 3. The van der Waals surface area contributed by atoms with Crippen molar-refractivity contribution in [2.75, 3.05) is 0 Å². The van der Waals surface area contributed by atoms with Gasteiger partial charge in [-0.15, -0.1) is 0 Å². The molecule has 9 heavy (non-hydrogen) atoms. The van der Waals surface area contributed by atoms with E-state index in [1.807, 2.05) is 0 Å². The molecule has 0 amide bonds. The highest BCUT2D eigenvalue weighted by atomic mass is 35.5. The Morgan fingerprint density at radius 1 is 1.78 bits per heavy atom. The van der Waals surface area contributed by atoms with E-state index >= 15 is 0 Å². The maximum absolute atomic E-state index is 10.3. The van der Waals surface area contributed by atoms with E-state index in [1.54, 1.807) is 0 Å². The highest BCUT2D eigenvalue weighted by molar-refractivity contribution is 6.29. The average Bonchev–Trinajstić information content (AvgIpc) is 2.48. The van der Waals surface area contributed by atoms with Crippen LogP contribution < -0.4 is 0 Å². The summed E-state index contributed by atoms with van der Waals surface area (Å²) < 4.78 is 0. The van der Waals surface area contributed by atoms with Crippen molar-refractivity contribution in [3.8, 4) is 0 Å². The molecule has 0 heterocycles. The Bertz CT molecular complexity index is 147. The molecule has 1 rings (SSSR count). The zero-order valence-electron chi connectivity index (χ0n) is 5.19. The molecule has 2 heteroatoms. The molecule has 0 aromatic carbocycles. The number of carbonyl (C=O) groups is 1. The molecule has 0 bridgehead atoms. The van der Waals surface area contributed by atoms with Crippen molar-refractivity contribution >= 4 is 17.9 Å². The summed E-state index contributed by atoms with van der Waals surface area (Å²) in [5, 5.41) is 0.597. The van der Waals surface area contributed by atoms with Gasteiger partial charge in [0.2, 0.25) is 0 Å². The lowest BCUT2D eigenvalue weighted by Crippen LogP contribution is -2.00. The van der Waals surface area contributed by atoms with E-state index in [4.69, 9.17) is 11.6 Å². The maximum Gasteiger partial charge on any atom is 0.126 e. The molecular formula is C7H9ClO. The number of hydrogen-bond donors (Lipinski definition) is 0. The smallest absolute Gasteiger partial charge is 0.126 e. The van der Waals surface area contributed by atoms with Crippen LogP contribution in [0.2, 0.25) is 0 Å². The van der Waals surface area contributed by atoms with Crippen LogP contribution in [0.1, 0.15) is 19.3 Å². The first-order valence-electron chi connectivity index (χ1n) is 2.98. The summed E-state index contributed by atoms with van der Waals surface area (Å²) in [5.74, 6) is 0. The minimum atomic E-state index is -0.0984. The summed E-state index contributed by atoms with van der Waals surface area (Å²) in [6.45, 7) is 3.53. The van der Waals surface area contributed by atoms with Gasteiger partial charge in [0.05, 0.1) is 0 Å². The molecular weight excluding hydrogens is 136 g/mol. The van der Waals surface area contributed by atoms with E-state index < -0.39 is 0 Å². The number of aldehydes is 1. The molecule has 0 atom stereocenters. The Morgan fingerprint density at radius 3 is 2.44 bits per heavy atom. The molecule has 1 saturated carbocycles. The molecule has 0 aromatic rings. The number of allylic oxidation sites excluding steroid dienone is 1. The van der Waals surface area contributed by atoms with Gasteiger partial charge in [0.25, 0.3) is 0 Å². The van der Waals surface area contributed by atoms with Crippen molar-refractivity contribution in [3.05, 3.63) is 11.6 Å². The fourth-order valence-electron chi connectivity index (χ4n) is 0.879. The molecule has 50 valence electrons. The maximum atomic E-state index is 10.3. The third-order valence-electron chi connectivity index (χ3n) is 1.69. The largest absolute Gasteiger partial charge is 0.303 e. The lowest BCUT2D eigenvalue weighted by Gasteiger charge is -2.01. The van der Waals surface area contributed by atoms with Crippen LogP contribution in [0.15, 0.2) is 11.6 Å². The van der Waals surface area contributed by atoms with Crippen LogP contribution in [-0.2, 0) is 4.79 Å². The Labute approximate surface area is 59.7 Å². The van der Waals surface area contributed by atoms with E-state index in [0.717, 1.165) is 19.1 Å². The van der Waals surface area contributed by atoms with Gasteiger partial charge in [-0.2, -0.15) is 0 Å². The fourth-order valence-corrected chi connectivity index (χ4v) is 1.14. The molecule has 0 aliphatic heterocycles. The van der Waals surface area contributed by atoms with E-state index in [2.05, 4.69) is 6.58 Å². The Hall–Kier alpha value is -0.300. The van der Waals surface area contributed by atoms with Crippen molar-refractivity contribution < 1.29 is 4.79 Å². The topological polar surface area (TPSA) is 17.1 Å². The van der Waals surface area contributed by atoms with Crippen molar-refractivity contribution in [2.24, 2.45) is 5.41 Å². The normalized spacial score (nSPS) is 21.0. The summed E-state index contributed by atoms with van der Waals surface area (Å²) >= 11 is 5.53. The first-order chi connectivity index (χ1) is 4.18. The van der Waals surface area contributed by atoms with Crippen LogP contribution in [0.5, 0.6) is 0 Å². The molecule has 0 unspecified atom stereocenters. The molecule has 0 spiro atoms. The predicted octanol–water partition coefficient (Wildman–Crippen LogP) is 2.11. The first kappa shape index (κ1) is 6.81. The highest BCUT2D eigenvalue weighted by Gasteiger charge is 2.42. The number of halogens is 1. The monoisotopic (exact) mass is 144 g/mol. The molecule has 0 N–H and O–H groups in total. The van der Waals surface area contributed by atoms with Gasteiger partial charge in [-0.3, -0.25) is 0 Å². The fraction of sp³-hybridized carbons (Fsp3) is 0.571. The zero-order valence-corrected chi connectivity index (χ0v) is 5.95. The van der Waals surface area contributed by atoms with Crippen LogP contribution in [0.3, 0.4) is 0 Å². The molecule has 0 aromatic heterocycles. The van der Waals surface area contributed by atoms with E-state index in [-0.39, 0.29) is 5.41 Å². The second kappa shape index (κ2) is 2.14. The van der Waals surface area contributed by atoms with E-state index in [1.165, 1.54) is 0 Å². The summed E-state index contributed by atoms with van der Waals surface area (Å²) in [5.41, 5.74) is -0.0984. The van der Waals surface area contributed by atoms with Gasteiger partial charge in [0.15, 0.2) is 0 Å². The lowest BCUT2D eigenvalue weighted by atomic mass is 10.1. The summed E-state index contributed by atoms with van der Waals surface area (Å²) in [7, 11) is 0. The van der Waals surface area contributed by atoms with Gasteiger partial charge in [0.1, 0.15) is 6.29 Å². The van der Waals surface area contributed by atoms with Crippen molar-refractivity contribution in [1.29, 1.82) is 0 Å². The SMILES string of the molecule is C=C(Cl)CC1(C=O)CC1. The lowest BCUT2D eigenvalue weighted by molar-refractivity contribution is -0.112. The Kier molecular flexibility index (Phi) is 1.62. The predicted molar refractivity (Wildman–Crippen MR) is 37.3 cm³/mol. The zero-order chi connectivity index (χ0) is 6.91. The van der Waals surface area contributed by atoms with Crippen LogP contribution in [0, 0.1) is 5.41 Å². The summed E-state index contributed by atoms with van der Waals surface area (Å²) in [4.78, 5) is 10.3. The van der Waals surface area contributed by atoms with Crippen LogP contribution in [0.4, 0.5) is 0 Å². The molecule has 1 fully saturated rings. The minimum absolute atomic E-state index is 0.0984. The van der Waals surface area contributed by atoms with E-state index in [0.29, 0.717) is 11.5 Å². The van der Waals surface area contributed by atoms with E-state index in [9.17, 15) is 4.79 Å². The van der Waals surface area contributed by atoms with Gasteiger partial charge < -0.3 is 4.79 Å². The second-order valence-electron chi connectivity index (χ2n) is 2.67. The molecule has 0 saturated heterocycles. The van der Waals surface area contributed by atoms with Gasteiger partial charge in [0, 0.05) is 10.4 Å². The van der Waals surface area contributed by atoms with Gasteiger partial charge in [-0.1, -0.05) is 18.2 Å². The quantitative estimate of drug-likeness (QED) is 0.555. The molecule has 0 radical (unpaired) electrons. The van der Waals surface area contributed by atoms with Crippen molar-refractivity contribution in [2.45, 2.75) is 19.3 Å². The highest BCUT2D eigenvalue weighted by Crippen LogP contribution is 2.48. The summed E-state index contributed by atoms with van der Waals surface area (Å²) in [6.07, 6.45) is 3.64. The van der Waals surface area contributed by atoms with Crippen LogP contribution in [0.25, 0.3) is 0 Å². The first-order valence-corrected chi connectivity index (χ1v) is 3.36. The third-order valence-corrected chi connectivity index (χ3v) is 1.82. The standard InChI is InChI=1S/C7H9ClO/c1-6(8)4-7(5-9)2-3-7/h5H,1-4H2. The molecule has 1 aliphatic rings. The van der Waals surface area contributed by atoms with Gasteiger partial charge >= 0.3 is 0 Å². The second-order valence-corrected chi connectivity index (χ2v) is 3.21. The van der Waals surface area contributed by atoms with Gasteiger partial charge in [-0.05, 0) is 19.3 Å². The number of hydrogen-bond acceptors (Lipinski definition) is 1. The average molecular weight is 145 g/mol. The third kappa shape index (κ3) is 1.55. The summed E-state index contributed by atoms with van der Waals surface area (Å²) in [6, 6.07) is 0. The van der Waals surface area contributed by atoms with Crippen LogP contribution >= 0.6 is 11.6 Å². The Balaban J connectivity index is 2.42. The van der Waals surface area contributed by atoms with Crippen molar-refractivity contribution in [3.63, 3.8) is 0 Å². The number of carbonyl (C=O) groups excluding carboxylic acids is 1.